The van der Waals surface area contributed by atoms with Crippen molar-refractivity contribution in [1.82, 2.24) is 5.32 Å². The number of rotatable bonds is 6. The second kappa shape index (κ2) is 8.00. The molecular formula is C21H27NO2. The predicted octanol–water partition coefficient (Wildman–Crippen LogP) is 4.43. The van der Waals surface area contributed by atoms with E-state index < -0.39 is 0 Å². The molecule has 0 aromatic heterocycles. The van der Waals surface area contributed by atoms with Gasteiger partial charge in [-0.05, 0) is 68.0 Å². The first-order valence-electron chi connectivity index (χ1n) is 8.49. The van der Waals surface area contributed by atoms with Gasteiger partial charge in [0, 0.05) is 0 Å². The lowest BCUT2D eigenvalue weighted by Gasteiger charge is -2.16. The Morgan fingerprint density at radius 1 is 1.12 bits per heavy atom. The van der Waals surface area contributed by atoms with Gasteiger partial charge in [-0.2, -0.15) is 0 Å². The highest BCUT2D eigenvalue weighted by Crippen LogP contribution is 2.23. The van der Waals surface area contributed by atoms with Crippen molar-refractivity contribution in [3.05, 3.63) is 64.2 Å². The Kier molecular flexibility index (Phi) is 6.02. The van der Waals surface area contributed by atoms with Crippen LogP contribution in [0.3, 0.4) is 0 Å². The Balaban J connectivity index is 1.93. The number of amides is 1. The first kappa shape index (κ1) is 18.1. The molecular weight excluding hydrogens is 298 g/mol. The maximum Gasteiger partial charge on any atom is 0.258 e. The maximum atomic E-state index is 12.2. The molecule has 0 spiro atoms. The second-order valence-corrected chi connectivity index (χ2v) is 6.38. The van der Waals surface area contributed by atoms with Crippen molar-refractivity contribution < 1.29 is 9.53 Å². The zero-order valence-corrected chi connectivity index (χ0v) is 15.3. The summed E-state index contributed by atoms with van der Waals surface area (Å²) in [5.41, 5.74) is 5.79. The minimum Gasteiger partial charge on any atom is -0.483 e. The van der Waals surface area contributed by atoms with E-state index >= 15 is 0 Å². The smallest absolute Gasteiger partial charge is 0.258 e. The molecule has 0 bridgehead atoms. The van der Waals surface area contributed by atoms with Crippen LogP contribution in [0.2, 0.25) is 0 Å². The topological polar surface area (TPSA) is 38.3 Å². The molecule has 0 saturated carbocycles. The van der Waals surface area contributed by atoms with Gasteiger partial charge in [-0.3, -0.25) is 4.79 Å². The molecule has 0 unspecified atom stereocenters. The molecule has 2 rings (SSSR count). The Bertz CT molecular complexity index is 705. The lowest BCUT2D eigenvalue weighted by molar-refractivity contribution is -0.123. The summed E-state index contributed by atoms with van der Waals surface area (Å²) in [6.45, 7) is 10.2. The molecule has 0 heterocycles. The summed E-state index contributed by atoms with van der Waals surface area (Å²) in [7, 11) is 0. The summed E-state index contributed by atoms with van der Waals surface area (Å²) < 4.78 is 5.72. The van der Waals surface area contributed by atoms with Gasteiger partial charge in [0.15, 0.2) is 6.61 Å². The van der Waals surface area contributed by atoms with Gasteiger partial charge >= 0.3 is 0 Å². The number of hydrogen-bond donors (Lipinski definition) is 1. The van der Waals surface area contributed by atoms with E-state index in [9.17, 15) is 4.79 Å². The van der Waals surface area contributed by atoms with Gasteiger partial charge in [-0.15, -0.1) is 0 Å². The molecule has 0 aliphatic carbocycles. The average molecular weight is 325 g/mol. The molecule has 3 heteroatoms. The highest BCUT2D eigenvalue weighted by molar-refractivity contribution is 5.78. The van der Waals surface area contributed by atoms with E-state index in [0.29, 0.717) is 0 Å². The highest BCUT2D eigenvalue weighted by Gasteiger charge is 2.11. The van der Waals surface area contributed by atoms with E-state index in [-0.39, 0.29) is 18.6 Å². The van der Waals surface area contributed by atoms with Crippen LogP contribution in [0.15, 0.2) is 36.4 Å². The molecule has 24 heavy (non-hydrogen) atoms. The number of carbonyl (C=O) groups is 1. The van der Waals surface area contributed by atoms with E-state index in [4.69, 9.17) is 4.74 Å². The summed E-state index contributed by atoms with van der Waals surface area (Å²) in [5, 5.41) is 2.99. The molecule has 0 radical (unpaired) electrons. The average Bonchev–Trinajstić information content (AvgIpc) is 2.56. The van der Waals surface area contributed by atoms with Crippen LogP contribution in [0, 0.1) is 20.8 Å². The number of nitrogens with one attached hydrogen (secondary N) is 1. The summed E-state index contributed by atoms with van der Waals surface area (Å²) in [6.07, 6.45) is 1.02. The zero-order chi connectivity index (χ0) is 17.7. The fourth-order valence-corrected chi connectivity index (χ4v) is 2.70. The molecule has 0 aliphatic rings. The first-order valence-corrected chi connectivity index (χ1v) is 8.49. The van der Waals surface area contributed by atoms with Crippen molar-refractivity contribution in [2.24, 2.45) is 0 Å². The van der Waals surface area contributed by atoms with Gasteiger partial charge < -0.3 is 10.1 Å². The molecule has 2 aromatic rings. The van der Waals surface area contributed by atoms with Gasteiger partial charge in [0.25, 0.3) is 5.91 Å². The first-order chi connectivity index (χ1) is 11.4. The van der Waals surface area contributed by atoms with Crippen LogP contribution < -0.4 is 10.1 Å². The molecule has 0 fully saturated rings. The number of ether oxygens (including phenoxy) is 1. The summed E-state index contributed by atoms with van der Waals surface area (Å²) in [4.78, 5) is 12.2. The van der Waals surface area contributed by atoms with Gasteiger partial charge in [0.1, 0.15) is 5.75 Å². The number of benzene rings is 2. The molecule has 0 saturated heterocycles. The molecule has 1 atom stereocenters. The van der Waals surface area contributed by atoms with Gasteiger partial charge in [0.05, 0.1) is 6.04 Å². The summed E-state index contributed by atoms with van der Waals surface area (Å²) >= 11 is 0. The third-order valence-electron chi connectivity index (χ3n) is 4.39. The minimum atomic E-state index is -0.111. The van der Waals surface area contributed by atoms with Crippen LogP contribution in [0.25, 0.3) is 0 Å². The van der Waals surface area contributed by atoms with E-state index in [1.165, 1.54) is 11.1 Å². The molecule has 2 aromatic carbocycles. The van der Waals surface area contributed by atoms with Crippen LogP contribution in [0.4, 0.5) is 0 Å². The van der Waals surface area contributed by atoms with Crippen LogP contribution in [-0.2, 0) is 11.2 Å². The largest absolute Gasteiger partial charge is 0.483 e. The molecule has 0 aliphatic heterocycles. The van der Waals surface area contributed by atoms with Gasteiger partial charge in [0.2, 0.25) is 0 Å². The number of carbonyl (C=O) groups excluding carboxylic acids is 1. The monoisotopic (exact) mass is 325 g/mol. The van der Waals surface area contributed by atoms with Crippen molar-refractivity contribution in [2.75, 3.05) is 6.61 Å². The van der Waals surface area contributed by atoms with Crippen molar-refractivity contribution in [3.8, 4) is 5.75 Å². The Labute approximate surface area is 145 Å². The molecule has 1 N–H and O–H groups in total. The van der Waals surface area contributed by atoms with E-state index in [1.54, 1.807) is 0 Å². The third kappa shape index (κ3) is 4.60. The van der Waals surface area contributed by atoms with E-state index in [1.807, 2.05) is 26.8 Å². The van der Waals surface area contributed by atoms with Crippen LogP contribution >= 0.6 is 0 Å². The molecule has 1 amide bonds. The predicted molar refractivity (Wildman–Crippen MR) is 98.5 cm³/mol. The Morgan fingerprint density at radius 3 is 2.42 bits per heavy atom. The fraction of sp³-hybridized carbons (Fsp3) is 0.381. The standard InChI is InChI=1S/C21H27NO2/c1-6-18-7-9-19(10-8-18)17(5)22-21(23)13-24-20-12-14(2)11-15(3)16(20)4/h7-12,17H,6,13H2,1-5H3,(H,22,23)/t17-/m0/s1. The zero-order valence-electron chi connectivity index (χ0n) is 15.3. The SMILES string of the molecule is CCc1ccc([C@H](C)NC(=O)COc2cc(C)cc(C)c2C)cc1. The lowest BCUT2D eigenvalue weighted by atomic mass is 10.1. The summed E-state index contributed by atoms with van der Waals surface area (Å²) in [6, 6.07) is 12.4. The van der Waals surface area contributed by atoms with Crippen LogP contribution in [0.5, 0.6) is 5.75 Å². The van der Waals surface area contributed by atoms with Crippen molar-refractivity contribution in [1.29, 1.82) is 0 Å². The fourth-order valence-electron chi connectivity index (χ4n) is 2.70. The number of aryl methyl sites for hydroxylation is 3. The van der Waals surface area contributed by atoms with Gasteiger partial charge in [-0.25, -0.2) is 0 Å². The Morgan fingerprint density at radius 2 is 1.79 bits per heavy atom. The van der Waals surface area contributed by atoms with Crippen LogP contribution in [0.1, 0.15) is 47.7 Å². The second-order valence-electron chi connectivity index (χ2n) is 6.38. The molecule has 128 valence electrons. The summed E-state index contributed by atoms with van der Waals surface area (Å²) in [5.74, 6) is 0.670. The lowest BCUT2D eigenvalue weighted by Crippen LogP contribution is -2.31. The van der Waals surface area contributed by atoms with Crippen molar-refractivity contribution in [2.45, 2.75) is 47.1 Å². The van der Waals surface area contributed by atoms with E-state index in [2.05, 4.69) is 49.5 Å². The maximum absolute atomic E-state index is 12.2. The van der Waals surface area contributed by atoms with Crippen LogP contribution in [-0.4, -0.2) is 12.5 Å². The van der Waals surface area contributed by atoms with Crippen molar-refractivity contribution in [3.63, 3.8) is 0 Å². The third-order valence-corrected chi connectivity index (χ3v) is 4.39. The normalized spacial score (nSPS) is 11.9. The van der Waals surface area contributed by atoms with Gasteiger partial charge in [-0.1, -0.05) is 37.3 Å². The highest BCUT2D eigenvalue weighted by atomic mass is 16.5. The minimum absolute atomic E-state index is 0.0289. The van der Waals surface area contributed by atoms with E-state index in [0.717, 1.165) is 28.9 Å². The van der Waals surface area contributed by atoms with Crippen molar-refractivity contribution >= 4 is 5.91 Å². The molecule has 3 nitrogen and oxygen atoms in total. The Hall–Kier alpha value is -2.29. The number of hydrogen-bond acceptors (Lipinski definition) is 2. The quantitative estimate of drug-likeness (QED) is 0.853.